The van der Waals surface area contributed by atoms with Crippen molar-refractivity contribution in [3.05, 3.63) is 0 Å². The molecule has 0 aliphatic heterocycles. The molecule has 0 amide bonds. The minimum atomic E-state index is -3.17. The highest BCUT2D eigenvalue weighted by atomic mass is 79.9. The fourth-order valence-electron chi connectivity index (χ4n) is 2.07. The average molecular weight is 300 g/mol. The van der Waals surface area contributed by atoms with Crippen LogP contribution >= 0.6 is 15.9 Å². The Morgan fingerprint density at radius 1 is 1.27 bits per heavy atom. The van der Waals surface area contributed by atoms with Gasteiger partial charge in [0.2, 0.25) is 10.0 Å². The molecule has 0 bridgehead atoms. The molecule has 1 aliphatic carbocycles. The van der Waals surface area contributed by atoms with E-state index in [9.17, 15) is 8.42 Å². The minimum absolute atomic E-state index is 0.0590. The van der Waals surface area contributed by atoms with Crippen molar-refractivity contribution in [3.63, 3.8) is 0 Å². The number of aliphatic hydroxyl groups is 1. The van der Waals surface area contributed by atoms with Crippen LogP contribution in [0.1, 0.15) is 25.7 Å². The zero-order chi connectivity index (χ0) is 11.3. The fourth-order valence-corrected chi connectivity index (χ4v) is 3.10. The van der Waals surface area contributed by atoms with Crippen LogP contribution in [0.25, 0.3) is 0 Å². The second-order valence-corrected chi connectivity index (χ2v) is 7.17. The minimum Gasteiger partial charge on any atom is -0.396 e. The predicted molar refractivity (Wildman–Crippen MR) is 63.3 cm³/mol. The van der Waals surface area contributed by atoms with Crippen LogP contribution < -0.4 is 4.72 Å². The summed E-state index contributed by atoms with van der Waals surface area (Å²) in [6.45, 7) is 0.625. The molecule has 1 fully saturated rings. The molecule has 4 nitrogen and oxygen atoms in total. The van der Waals surface area contributed by atoms with Gasteiger partial charge in [-0.3, -0.25) is 0 Å². The number of rotatable bonds is 5. The Labute approximate surface area is 99.6 Å². The monoisotopic (exact) mass is 299 g/mol. The molecular weight excluding hydrogens is 282 g/mol. The maximum Gasteiger partial charge on any atom is 0.221 e. The standard InChI is InChI=1S/C9H18BrNO3S/c10-7-15(13,14)11-5-8-3-1-2-4-9(8)6-12/h8-9,11-12H,1-7H2. The summed E-state index contributed by atoms with van der Waals surface area (Å²) >= 11 is 2.93. The molecule has 0 spiro atoms. The first-order chi connectivity index (χ1) is 7.09. The molecule has 2 atom stereocenters. The molecule has 1 saturated carbocycles. The normalized spacial score (nSPS) is 27.9. The molecule has 0 radical (unpaired) electrons. The Hall–Kier alpha value is 0.350. The lowest BCUT2D eigenvalue weighted by atomic mass is 9.80. The molecule has 0 aromatic rings. The van der Waals surface area contributed by atoms with Crippen LogP contribution in [-0.4, -0.2) is 31.3 Å². The van der Waals surface area contributed by atoms with Crippen LogP contribution in [-0.2, 0) is 10.0 Å². The van der Waals surface area contributed by atoms with Crippen LogP contribution in [0.4, 0.5) is 0 Å². The summed E-state index contributed by atoms with van der Waals surface area (Å²) < 4.78 is 24.9. The maximum atomic E-state index is 11.2. The highest BCUT2D eigenvalue weighted by Crippen LogP contribution is 2.29. The van der Waals surface area contributed by atoms with Crippen molar-refractivity contribution in [2.45, 2.75) is 25.7 Å². The van der Waals surface area contributed by atoms with Crippen LogP contribution in [0.2, 0.25) is 0 Å². The van der Waals surface area contributed by atoms with Crippen LogP contribution in [0.5, 0.6) is 0 Å². The van der Waals surface area contributed by atoms with Gasteiger partial charge in [0.25, 0.3) is 0 Å². The van der Waals surface area contributed by atoms with Gasteiger partial charge >= 0.3 is 0 Å². The number of hydrogen-bond acceptors (Lipinski definition) is 3. The van der Waals surface area contributed by atoms with E-state index in [0.717, 1.165) is 25.7 Å². The molecule has 6 heteroatoms. The molecular formula is C9H18BrNO3S. The SMILES string of the molecule is O=S(=O)(CBr)NCC1CCCCC1CO. The van der Waals surface area contributed by atoms with E-state index >= 15 is 0 Å². The van der Waals surface area contributed by atoms with Gasteiger partial charge in [-0.15, -0.1) is 0 Å². The zero-order valence-corrected chi connectivity index (χ0v) is 11.1. The van der Waals surface area contributed by atoms with E-state index in [1.165, 1.54) is 0 Å². The van der Waals surface area contributed by atoms with Gasteiger partial charge in [0.05, 0.1) is 0 Å². The van der Waals surface area contributed by atoms with Crippen LogP contribution in [0, 0.1) is 11.8 Å². The van der Waals surface area contributed by atoms with Gasteiger partial charge in [0, 0.05) is 13.2 Å². The van der Waals surface area contributed by atoms with Crippen molar-refractivity contribution in [2.75, 3.05) is 17.8 Å². The summed E-state index contributed by atoms with van der Waals surface area (Å²) in [6, 6.07) is 0. The summed E-state index contributed by atoms with van der Waals surface area (Å²) in [5, 5.41) is 9.16. The van der Waals surface area contributed by atoms with E-state index in [1.54, 1.807) is 0 Å². The van der Waals surface area contributed by atoms with Gasteiger partial charge in [-0.25, -0.2) is 13.1 Å². The first-order valence-electron chi connectivity index (χ1n) is 5.23. The lowest BCUT2D eigenvalue weighted by molar-refractivity contribution is 0.136. The van der Waals surface area contributed by atoms with Gasteiger partial charge in [0.15, 0.2) is 0 Å². The first kappa shape index (κ1) is 13.4. The van der Waals surface area contributed by atoms with Gasteiger partial charge in [0.1, 0.15) is 4.66 Å². The van der Waals surface area contributed by atoms with Crippen molar-refractivity contribution < 1.29 is 13.5 Å². The number of alkyl halides is 1. The van der Waals surface area contributed by atoms with Crippen molar-refractivity contribution >= 4 is 26.0 Å². The quantitative estimate of drug-likeness (QED) is 0.746. The molecule has 0 saturated heterocycles. The maximum absolute atomic E-state index is 11.2. The third kappa shape index (κ3) is 4.38. The molecule has 0 aromatic carbocycles. The number of halogens is 1. The summed E-state index contributed by atoms with van der Waals surface area (Å²) in [6.07, 6.45) is 4.30. The Morgan fingerprint density at radius 3 is 2.40 bits per heavy atom. The second-order valence-electron chi connectivity index (χ2n) is 4.06. The Kier molecular flexibility index (Phi) is 5.52. The van der Waals surface area contributed by atoms with E-state index < -0.39 is 10.0 Å². The van der Waals surface area contributed by atoms with Gasteiger partial charge < -0.3 is 5.11 Å². The van der Waals surface area contributed by atoms with Crippen molar-refractivity contribution in [1.82, 2.24) is 4.72 Å². The lowest BCUT2D eigenvalue weighted by Gasteiger charge is -2.30. The zero-order valence-electron chi connectivity index (χ0n) is 8.65. The van der Waals surface area contributed by atoms with E-state index in [2.05, 4.69) is 20.7 Å². The average Bonchev–Trinajstić information content (AvgIpc) is 2.27. The predicted octanol–water partition coefficient (Wildman–Crippen LogP) is 1.06. The largest absolute Gasteiger partial charge is 0.396 e. The molecule has 2 unspecified atom stereocenters. The topological polar surface area (TPSA) is 66.4 Å². The van der Waals surface area contributed by atoms with Crippen molar-refractivity contribution in [1.29, 1.82) is 0 Å². The Morgan fingerprint density at radius 2 is 1.87 bits per heavy atom. The van der Waals surface area contributed by atoms with Crippen LogP contribution in [0.3, 0.4) is 0 Å². The smallest absolute Gasteiger partial charge is 0.221 e. The van der Waals surface area contributed by atoms with Gasteiger partial charge in [-0.05, 0) is 24.7 Å². The summed E-state index contributed by atoms with van der Waals surface area (Å²) in [4.78, 5) is 0. The first-order valence-corrected chi connectivity index (χ1v) is 8.00. The van der Waals surface area contributed by atoms with E-state index in [4.69, 9.17) is 5.11 Å². The summed E-state index contributed by atoms with van der Waals surface area (Å²) in [5.41, 5.74) is 0. The molecule has 1 aliphatic rings. The number of sulfonamides is 1. The summed E-state index contributed by atoms with van der Waals surface area (Å²) in [5.74, 6) is 0.550. The highest BCUT2D eigenvalue weighted by molar-refractivity contribution is 9.10. The number of aliphatic hydroxyl groups excluding tert-OH is 1. The highest BCUT2D eigenvalue weighted by Gasteiger charge is 2.25. The van der Waals surface area contributed by atoms with Gasteiger partial charge in [-0.1, -0.05) is 28.8 Å². The molecule has 15 heavy (non-hydrogen) atoms. The van der Waals surface area contributed by atoms with E-state index in [1.807, 2.05) is 0 Å². The van der Waals surface area contributed by atoms with Crippen LogP contribution in [0.15, 0.2) is 0 Å². The van der Waals surface area contributed by atoms with E-state index in [-0.39, 0.29) is 23.1 Å². The third-order valence-electron chi connectivity index (χ3n) is 3.01. The number of hydrogen-bond donors (Lipinski definition) is 2. The molecule has 0 aromatic heterocycles. The third-order valence-corrected chi connectivity index (χ3v) is 5.71. The molecule has 2 N–H and O–H groups in total. The van der Waals surface area contributed by atoms with Crippen molar-refractivity contribution in [2.24, 2.45) is 11.8 Å². The Balaban J connectivity index is 2.42. The van der Waals surface area contributed by atoms with Crippen molar-refractivity contribution in [3.8, 4) is 0 Å². The van der Waals surface area contributed by atoms with Gasteiger partial charge in [-0.2, -0.15) is 0 Å². The number of nitrogens with one attached hydrogen (secondary N) is 1. The lowest BCUT2D eigenvalue weighted by Crippen LogP contribution is -2.35. The Bertz CT molecular complexity index is 281. The second kappa shape index (κ2) is 6.18. The van der Waals surface area contributed by atoms with E-state index in [0.29, 0.717) is 6.54 Å². The summed E-state index contributed by atoms with van der Waals surface area (Å²) in [7, 11) is -3.17. The molecule has 90 valence electrons. The fraction of sp³-hybridized carbons (Fsp3) is 1.00. The molecule has 0 heterocycles. The molecule has 1 rings (SSSR count).